The first-order valence-corrected chi connectivity index (χ1v) is 13.2. The molecule has 10 nitrogen and oxygen atoms in total. The van der Waals surface area contributed by atoms with Crippen LogP contribution in [0.2, 0.25) is 0 Å². The maximum atomic E-state index is 9.10. The molecule has 5 rings (SSSR count). The van der Waals surface area contributed by atoms with Crippen LogP contribution in [0, 0.1) is 0 Å². The van der Waals surface area contributed by atoms with E-state index in [9.17, 15) is 0 Å². The Kier molecular flexibility index (Phi) is 9.42. The molecule has 204 valence electrons. The first-order chi connectivity index (χ1) is 18.9. The number of anilines is 1. The number of hydrogen-bond acceptors (Lipinski definition) is 9. The van der Waals surface area contributed by atoms with Crippen LogP contribution in [0.15, 0.2) is 60.0 Å². The number of thiophene rings is 1. The van der Waals surface area contributed by atoms with E-state index in [0.29, 0.717) is 6.54 Å². The lowest BCUT2D eigenvalue weighted by Crippen LogP contribution is -2.36. The van der Waals surface area contributed by atoms with E-state index < -0.39 is 11.9 Å². The van der Waals surface area contributed by atoms with E-state index in [0.717, 1.165) is 66.0 Å². The summed E-state index contributed by atoms with van der Waals surface area (Å²) < 4.78 is 11.1. The number of aromatic nitrogens is 2. The summed E-state index contributed by atoms with van der Waals surface area (Å²) in [4.78, 5) is 33.9. The van der Waals surface area contributed by atoms with Crippen LogP contribution in [0.1, 0.15) is 11.4 Å². The molecule has 11 heteroatoms. The van der Waals surface area contributed by atoms with Gasteiger partial charge in [-0.3, -0.25) is 4.90 Å². The van der Waals surface area contributed by atoms with Crippen molar-refractivity contribution in [1.29, 1.82) is 0 Å². The zero-order valence-corrected chi connectivity index (χ0v) is 22.6. The molecule has 0 amide bonds. The summed E-state index contributed by atoms with van der Waals surface area (Å²) in [6.45, 7) is 4.77. The summed E-state index contributed by atoms with van der Waals surface area (Å²) in [6.07, 6.45) is 0. The normalized spacial score (nSPS) is 13.4. The quantitative estimate of drug-likeness (QED) is 0.326. The van der Waals surface area contributed by atoms with E-state index in [2.05, 4.69) is 52.6 Å². The maximum Gasteiger partial charge on any atom is 0.414 e. The molecule has 1 saturated heterocycles. The number of carboxylic acid groups (broad SMARTS) is 2. The fourth-order valence-corrected chi connectivity index (χ4v) is 5.23. The van der Waals surface area contributed by atoms with Gasteiger partial charge in [-0.1, -0.05) is 48.5 Å². The number of morpholine rings is 1. The average Bonchev–Trinajstić information content (AvgIpc) is 3.38. The van der Waals surface area contributed by atoms with Crippen molar-refractivity contribution in [2.75, 3.05) is 45.4 Å². The first kappa shape index (κ1) is 28.0. The Labute approximate surface area is 230 Å². The fourth-order valence-electron chi connectivity index (χ4n) is 4.27. The smallest absolute Gasteiger partial charge is 0.414 e. The van der Waals surface area contributed by atoms with Gasteiger partial charge in [0.25, 0.3) is 0 Å². The number of methoxy groups -OCH3 is 1. The molecule has 0 bridgehead atoms. The minimum Gasteiger partial charge on any atom is -0.496 e. The van der Waals surface area contributed by atoms with Gasteiger partial charge in [0.15, 0.2) is 0 Å². The van der Waals surface area contributed by atoms with E-state index in [-0.39, 0.29) is 0 Å². The number of carbonyl (C=O) groups is 2. The van der Waals surface area contributed by atoms with Crippen LogP contribution in [0.4, 0.5) is 5.82 Å². The van der Waals surface area contributed by atoms with Crippen LogP contribution < -0.4 is 9.64 Å². The molecule has 3 heterocycles. The van der Waals surface area contributed by atoms with Crippen molar-refractivity contribution in [2.45, 2.75) is 13.1 Å². The van der Waals surface area contributed by atoms with Gasteiger partial charge in [-0.05, 0) is 11.6 Å². The number of ether oxygens (including phenoxy) is 2. The molecular formula is C28H30N4O6S. The van der Waals surface area contributed by atoms with Gasteiger partial charge < -0.3 is 24.6 Å². The molecule has 0 saturated carbocycles. The Bertz CT molecular complexity index is 1410. The second-order valence-electron chi connectivity index (χ2n) is 8.83. The molecule has 0 aliphatic carbocycles. The van der Waals surface area contributed by atoms with Gasteiger partial charge in [0.2, 0.25) is 0 Å². The number of nitrogens with zero attached hydrogens (tertiary/aromatic N) is 4. The molecule has 0 radical (unpaired) electrons. The number of rotatable bonds is 7. The number of benzene rings is 2. The topological polar surface area (TPSA) is 125 Å². The lowest BCUT2D eigenvalue weighted by Gasteiger charge is -2.26. The van der Waals surface area contributed by atoms with E-state index in [1.165, 1.54) is 11.1 Å². The third kappa shape index (κ3) is 7.08. The van der Waals surface area contributed by atoms with Gasteiger partial charge in [0, 0.05) is 43.2 Å². The second kappa shape index (κ2) is 13.1. The third-order valence-corrected chi connectivity index (χ3v) is 7.03. The highest BCUT2D eigenvalue weighted by atomic mass is 32.1. The highest BCUT2D eigenvalue weighted by Gasteiger charge is 2.21. The third-order valence-electron chi connectivity index (χ3n) is 6.16. The van der Waals surface area contributed by atoms with Crippen LogP contribution in [0.25, 0.3) is 21.3 Å². The van der Waals surface area contributed by atoms with Crippen molar-refractivity contribution in [2.24, 2.45) is 0 Å². The van der Waals surface area contributed by atoms with Crippen LogP contribution in [0.3, 0.4) is 0 Å². The van der Waals surface area contributed by atoms with E-state index in [1.807, 2.05) is 24.3 Å². The number of aliphatic carboxylic acids is 2. The zero-order valence-electron chi connectivity index (χ0n) is 21.7. The summed E-state index contributed by atoms with van der Waals surface area (Å²) in [5.74, 6) is -0.955. The molecule has 2 N–H and O–H groups in total. The Balaban J connectivity index is 0.000000531. The number of carboxylic acids is 2. The lowest BCUT2D eigenvalue weighted by atomic mass is 10.1. The molecule has 1 fully saturated rings. The lowest BCUT2D eigenvalue weighted by molar-refractivity contribution is -0.159. The number of hydrogen-bond donors (Lipinski definition) is 2. The molecule has 1 aliphatic heterocycles. The molecule has 4 aromatic rings. The molecule has 2 aromatic carbocycles. The summed E-state index contributed by atoms with van der Waals surface area (Å²) in [5, 5.41) is 18.1. The highest BCUT2D eigenvalue weighted by Crippen LogP contribution is 2.38. The van der Waals surface area contributed by atoms with E-state index in [4.69, 9.17) is 39.2 Å². The molecule has 0 unspecified atom stereocenters. The largest absolute Gasteiger partial charge is 0.496 e. The van der Waals surface area contributed by atoms with Crippen molar-refractivity contribution in [3.63, 3.8) is 0 Å². The van der Waals surface area contributed by atoms with Crippen LogP contribution >= 0.6 is 11.3 Å². The maximum absolute atomic E-state index is 9.10. The Hall–Kier alpha value is -4.06. The molecule has 1 aliphatic rings. The summed E-state index contributed by atoms with van der Waals surface area (Å²) in [6, 6.07) is 18.6. The van der Waals surface area contributed by atoms with E-state index in [1.54, 1.807) is 18.4 Å². The number of para-hydroxylation sites is 1. The molecule has 0 spiro atoms. The summed E-state index contributed by atoms with van der Waals surface area (Å²) >= 11 is 1.68. The van der Waals surface area contributed by atoms with Crippen LogP contribution in [-0.2, 0) is 27.4 Å². The highest BCUT2D eigenvalue weighted by molar-refractivity contribution is 7.17. The van der Waals surface area contributed by atoms with Gasteiger partial charge >= 0.3 is 11.9 Å². The first-order valence-electron chi connectivity index (χ1n) is 12.3. The Morgan fingerprint density at radius 3 is 2.36 bits per heavy atom. The molecular weight excluding hydrogens is 520 g/mol. The van der Waals surface area contributed by atoms with Crippen molar-refractivity contribution < 1.29 is 29.3 Å². The predicted octanol–water partition coefficient (Wildman–Crippen LogP) is 3.99. The van der Waals surface area contributed by atoms with Gasteiger partial charge in [0.05, 0.1) is 32.3 Å². The van der Waals surface area contributed by atoms with Crippen LogP contribution in [0.5, 0.6) is 5.75 Å². The molecule has 0 atom stereocenters. The number of fused-ring (bicyclic) bond motifs is 1. The fraction of sp³-hybridized carbons (Fsp3) is 0.286. The Morgan fingerprint density at radius 2 is 1.69 bits per heavy atom. The monoisotopic (exact) mass is 550 g/mol. The van der Waals surface area contributed by atoms with Gasteiger partial charge in [-0.25, -0.2) is 19.6 Å². The molecule has 2 aromatic heterocycles. The van der Waals surface area contributed by atoms with Gasteiger partial charge in [-0.15, -0.1) is 11.3 Å². The summed E-state index contributed by atoms with van der Waals surface area (Å²) in [7, 11) is 3.81. The predicted molar refractivity (Wildman–Crippen MR) is 149 cm³/mol. The SMILES string of the molecule is COc1ccccc1CN(C)c1nc(CN2CCOCC2)nc2scc(-c3ccccc3)c12.O=C(O)C(=O)O. The average molecular weight is 551 g/mol. The van der Waals surface area contributed by atoms with Gasteiger partial charge in [-0.2, -0.15) is 0 Å². The minimum atomic E-state index is -1.82. The van der Waals surface area contributed by atoms with E-state index >= 15 is 0 Å². The van der Waals surface area contributed by atoms with Crippen molar-refractivity contribution in [3.8, 4) is 16.9 Å². The minimum absolute atomic E-state index is 0.692. The second-order valence-corrected chi connectivity index (χ2v) is 9.68. The summed E-state index contributed by atoms with van der Waals surface area (Å²) in [5.41, 5.74) is 3.48. The van der Waals surface area contributed by atoms with Crippen molar-refractivity contribution in [1.82, 2.24) is 14.9 Å². The zero-order chi connectivity index (χ0) is 27.8. The standard InChI is InChI=1S/C26H28N4O2S.C2H2O4/c1-29(16-20-10-6-7-11-22(20)31-2)25-24-21(19-8-4-3-5-9-19)18-33-26(24)28-23(27-25)17-30-12-14-32-15-13-30;3-1(4)2(5)6/h3-11,18H,12-17H2,1-2H3;(H,3,4)(H,5,6). The van der Waals surface area contributed by atoms with Gasteiger partial charge in [0.1, 0.15) is 22.2 Å². The Morgan fingerprint density at radius 1 is 1.03 bits per heavy atom. The van der Waals surface area contributed by atoms with Crippen molar-refractivity contribution in [3.05, 3.63) is 71.4 Å². The van der Waals surface area contributed by atoms with Crippen molar-refractivity contribution >= 4 is 39.3 Å². The van der Waals surface area contributed by atoms with Crippen LogP contribution in [-0.4, -0.2) is 77.5 Å². The molecule has 39 heavy (non-hydrogen) atoms.